The van der Waals surface area contributed by atoms with Gasteiger partial charge < -0.3 is 5.11 Å². The van der Waals surface area contributed by atoms with Gasteiger partial charge in [0.25, 0.3) is 0 Å². The first kappa shape index (κ1) is 11.8. The normalized spacial score (nSPS) is 27.6. The fourth-order valence-corrected chi connectivity index (χ4v) is 3.69. The fraction of sp³-hybridized carbons (Fsp3) is 0.889. The molecule has 2 fully saturated rings. The Morgan fingerprint density at radius 1 is 1.38 bits per heavy atom. The lowest BCUT2D eigenvalue weighted by Gasteiger charge is -2.31. The highest BCUT2D eigenvalue weighted by Gasteiger charge is 2.47. The van der Waals surface area contributed by atoms with Crippen LogP contribution in [0.3, 0.4) is 0 Å². The zero-order valence-corrected chi connectivity index (χ0v) is 9.70. The third-order valence-electron chi connectivity index (χ3n) is 3.10. The van der Waals surface area contributed by atoms with Crippen LogP contribution in [-0.2, 0) is 19.5 Å². The minimum absolute atomic E-state index is 0.0766. The van der Waals surface area contributed by atoms with Crippen molar-refractivity contribution >= 4 is 15.7 Å². The molecule has 0 aromatic rings. The van der Waals surface area contributed by atoms with E-state index in [0.29, 0.717) is 12.8 Å². The topological polar surface area (TPSA) is 83.9 Å². The van der Waals surface area contributed by atoms with Crippen molar-refractivity contribution in [3.8, 4) is 0 Å². The smallest absolute Gasteiger partial charge is 0.249 e. The highest BCUT2D eigenvalue weighted by molar-refractivity contribution is 7.91. The van der Waals surface area contributed by atoms with Crippen LogP contribution < -0.4 is 0 Å². The van der Waals surface area contributed by atoms with Crippen LogP contribution >= 0.6 is 0 Å². The number of carbonyl (C=O) groups is 1. The average Bonchev–Trinajstić information content (AvgIpc) is 2.51. The molecule has 2 saturated heterocycles. The van der Waals surface area contributed by atoms with E-state index in [0.717, 1.165) is 5.06 Å². The number of hydrogen-bond donors (Lipinski definition) is 1. The lowest BCUT2D eigenvalue weighted by Crippen LogP contribution is -2.40. The zero-order chi connectivity index (χ0) is 11.8. The molecular formula is C9H15NO5S. The monoisotopic (exact) mass is 249 g/mol. The predicted octanol–water partition coefficient (Wildman–Crippen LogP) is -0.910. The van der Waals surface area contributed by atoms with Crippen molar-refractivity contribution < 1.29 is 23.2 Å². The van der Waals surface area contributed by atoms with E-state index in [1.54, 1.807) is 0 Å². The van der Waals surface area contributed by atoms with Gasteiger partial charge in [-0.05, 0) is 12.8 Å². The molecule has 2 rings (SSSR count). The Balaban J connectivity index is 2.04. The van der Waals surface area contributed by atoms with Crippen molar-refractivity contribution in [3.05, 3.63) is 0 Å². The first-order valence-corrected chi connectivity index (χ1v) is 7.09. The molecule has 16 heavy (non-hydrogen) atoms. The number of sulfone groups is 1. The van der Waals surface area contributed by atoms with Gasteiger partial charge in [0.15, 0.2) is 9.84 Å². The van der Waals surface area contributed by atoms with E-state index in [1.807, 2.05) is 0 Å². The van der Waals surface area contributed by atoms with E-state index in [1.165, 1.54) is 0 Å². The second-order valence-electron chi connectivity index (χ2n) is 4.32. The summed E-state index contributed by atoms with van der Waals surface area (Å²) in [6.07, 6.45) is 0.953. The number of aliphatic hydroxyl groups is 1. The molecule has 0 saturated carbocycles. The summed E-state index contributed by atoms with van der Waals surface area (Å²) in [5, 5.41) is 9.90. The van der Waals surface area contributed by atoms with Gasteiger partial charge in [0.1, 0.15) is 5.60 Å². The highest BCUT2D eigenvalue weighted by Crippen LogP contribution is 2.36. The van der Waals surface area contributed by atoms with Crippen molar-refractivity contribution in [2.24, 2.45) is 0 Å². The van der Waals surface area contributed by atoms with E-state index < -0.39 is 15.4 Å². The molecule has 0 aromatic carbocycles. The maximum Gasteiger partial charge on any atom is 0.249 e. The Labute approximate surface area is 94.1 Å². The highest BCUT2D eigenvalue weighted by atomic mass is 32.2. The summed E-state index contributed by atoms with van der Waals surface area (Å²) >= 11 is 0. The Hall–Kier alpha value is -0.660. The Morgan fingerprint density at radius 2 is 2.00 bits per heavy atom. The van der Waals surface area contributed by atoms with Gasteiger partial charge >= 0.3 is 0 Å². The molecule has 7 heteroatoms. The van der Waals surface area contributed by atoms with E-state index in [-0.39, 0.29) is 37.0 Å². The van der Waals surface area contributed by atoms with E-state index in [4.69, 9.17) is 9.94 Å². The molecule has 2 heterocycles. The second kappa shape index (κ2) is 3.97. The van der Waals surface area contributed by atoms with Crippen molar-refractivity contribution in [1.82, 2.24) is 5.06 Å². The Morgan fingerprint density at radius 3 is 2.56 bits per heavy atom. The van der Waals surface area contributed by atoms with Gasteiger partial charge in [-0.2, -0.15) is 0 Å². The lowest BCUT2D eigenvalue weighted by molar-refractivity contribution is -0.203. The molecule has 0 aliphatic carbocycles. The van der Waals surface area contributed by atoms with E-state index >= 15 is 0 Å². The van der Waals surface area contributed by atoms with Gasteiger partial charge in [0, 0.05) is 0 Å². The molecule has 1 N–H and O–H groups in total. The molecular weight excluding hydrogens is 234 g/mol. The number of nitrogens with zero attached hydrogens (tertiary/aromatic N) is 1. The summed E-state index contributed by atoms with van der Waals surface area (Å²) in [6.45, 7) is -0.00650. The maximum atomic E-state index is 11.5. The average molecular weight is 249 g/mol. The first-order chi connectivity index (χ1) is 7.46. The molecule has 0 unspecified atom stereocenters. The second-order valence-corrected chi connectivity index (χ2v) is 6.63. The van der Waals surface area contributed by atoms with Crippen LogP contribution in [0, 0.1) is 0 Å². The van der Waals surface area contributed by atoms with Gasteiger partial charge in [-0.25, -0.2) is 13.5 Å². The number of carbonyl (C=O) groups excluding carboxylic acids is 1. The van der Waals surface area contributed by atoms with E-state index in [2.05, 4.69) is 0 Å². The summed E-state index contributed by atoms with van der Waals surface area (Å²) in [5.41, 5.74) is -0.641. The fourth-order valence-electron chi connectivity index (χ4n) is 2.12. The maximum absolute atomic E-state index is 11.5. The molecule has 2 aliphatic heterocycles. The van der Waals surface area contributed by atoms with Crippen molar-refractivity contribution in [3.63, 3.8) is 0 Å². The first-order valence-electron chi connectivity index (χ1n) is 5.27. The zero-order valence-electron chi connectivity index (χ0n) is 8.89. The summed E-state index contributed by atoms with van der Waals surface area (Å²) < 4.78 is 22.6. The van der Waals surface area contributed by atoms with Gasteiger partial charge in [-0.1, -0.05) is 0 Å². The SMILES string of the molecule is O=C1CC2(CCS(=O)(=O)CC2)ON1CCO. The lowest BCUT2D eigenvalue weighted by atomic mass is 9.93. The molecule has 2 aliphatic rings. The summed E-state index contributed by atoms with van der Waals surface area (Å²) in [6, 6.07) is 0. The summed E-state index contributed by atoms with van der Waals surface area (Å²) in [5.74, 6) is -0.0196. The third-order valence-corrected chi connectivity index (χ3v) is 4.75. The molecule has 0 radical (unpaired) electrons. The van der Waals surface area contributed by atoms with Crippen molar-refractivity contribution in [2.75, 3.05) is 24.7 Å². The van der Waals surface area contributed by atoms with Crippen LogP contribution in [0.4, 0.5) is 0 Å². The van der Waals surface area contributed by atoms with Gasteiger partial charge in [-0.15, -0.1) is 0 Å². The number of hydrogen-bond acceptors (Lipinski definition) is 5. The summed E-state index contributed by atoms with van der Waals surface area (Å²) in [4.78, 5) is 17.0. The number of amides is 1. The van der Waals surface area contributed by atoms with Gasteiger partial charge in [0.05, 0.1) is 31.1 Å². The standard InChI is InChI=1S/C9H15NO5S/c11-4-3-10-8(12)7-9(15-10)1-5-16(13,14)6-2-9/h11H,1-7H2. The van der Waals surface area contributed by atoms with Crippen LogP contribution in [0.1, 0.15) is 19.3 Å². The van der Waals surface area contributed by atoms with Crippen LogP contribution in [0.2, 0.25) is 0 Å². The van der Waals surface area contributed by atoms with Crippen LogP contribution in [0.25, 0.3) is 0 Å². The number of aliphatic hydroxyl groups excluding tert-OH is 1. The molecule has 92 valence electrons. The summed E-state index contributed by atoms with van der Waals surface area (Å²) in [7, 11) is -2.95. The van der Waals surface area contributed by atoms with Crippen LogP contribution in [0.15, 0.2) is 0 Å². The minimum atomic E-state index is -2.95. The van der Waals surface area contributed by atoms with Crippen molar-refractivity contribution in [2.45, 2.75) is 24.9 Å². The molecule has 1 spiro atoms. The van der Waals surface area contributed by atoms with Crippen LogP contribution in [-0.4, -0.2) is 54.8 Å². The minimum Gasteiger partial charge on any atom is -0.394 e. The van der Waals surface area contributed by atoms with Crippen molar-refractivity contribution in [1.29, 1.82) is 0 Å². The number of β-amino-alcohol motifs (C(OH)–C–C–N with tert-alkyl or cyclic N) is 1. The quantitative estimate of drug-likeness (QED) is 0.685. The van der Waals surface area contributed by atoms with Crippen LogP contribution in [0.5, 0.6) is 0 Å². The van der Waals surface area contributed by atoms with E-state index in [9.17, 15) is 13.2 Å². The molecule has 0 aromatic heterocycles. The third kappa shape index (κ3) is 2.21. The molecule has 0 bridgehead atoms. The number of rotatable bonds is 2. The predicted molar refractivity (Wildman–Crippen MR) is 55.1 cm³/mol. The Kier molecular flexibility index (Phi) is 2.93. The van der Waals surface area contributed by atoms with Gasteiger partial charge in [0.2, 0.25) is 5.91 Å². The number of hydroxylamine groups is 2. The van der Waals surface area contributed by atoms with Gasteiger partial charge in [-0.3, -0.25) is 9.63 Å². The molecule has 1 amide bonds. The molecule has 6 nitrogen and oxygen atoms in total. The Bertz CT molecular complexity index is 377. The largest absolute Gasteiger partial charge is 0.394 e. The molecule has 0 atom stereocenters.